The molecule has 5 aliphatic heterocycles. The van der Waals surface area contributed by atoms with Crippen LogP contribution >= 0.6 is 0 Å². The molecule has 0 unspecified atom stereocenters. The van der Waals surface area contributed by atoms with Gasteiger partial charge in [0.25, 0.3) is 0 Å². The number of β-amino-alcohol motifs (C(OH)–C–C–N with tert-alkyl or cyclic N) is 2. The lowest BCUT2D eigenvalue weighted by Crippen LogP contribution is -2.73. The molecule has 4 atom stereocenters. The largest absolute Gasteiger partial charge is 0.390 e. The van der Waals surface area contributed by atoms with E-state index in [1.54, 1.807) is 0 Å². The standard InChI is InChI=1S/C38H60N6O2/c45-37(31-41-13-11-35(27-41)33-7-3-1-4-8-33)29-39-15-19-43(20-16-39)23-25-44(26-24-43)21-17-40(18-22-44)30-38(46)32-42-14-12-36(28-42)34-9-5-2-6-10-34/h1-10,35-38,45-46H,11-32H2/q+2/t35-,36-,37-,38+/m1/s1. The third-order valence-corrected chi connectivity index (χ3v) is 12.6. The molecule has 8 heteroatoms. The number of likely N-dealkylation sites (tertiary alicyclic amines) is 2. The second kappa shape index (κ2) is 14.7. The van der Waals surface area contributed by atoms with Crippen molar-refractivity contribution in [2.24, 2.45) is 0 Å². The molecule has 7 rings (SSSR count). The fraction of sp³-hybridized carbons (Fsp3) is 0.684. The van der Waals surface area contributed by atoms with E-state index in [0.717, 1.165) is 78.5 Å². The zero-order valence-corrected chi connectivity index (χ0v) is 28.2. The van der Waals surface area contributed by atoms with Crippen LogP contribution in [0.15, 0.2) is 60.7 Å². The fourth-order valence-electron chi connectivity index (χ4n) is 9.49. The molecule has 0 bridgehead atoms. The average Bonchev–Trinajstić information content (AvgIpc) is 3.76. The van der Waals surface area contributed by atoms with E-state index in [1.165, 1.54) is 85.3 Å². The maximum atomic E-state index is 11.0. The van der Waals surface area contributed by atoms with E-state index < -0.39 is 0 Å². The summed E-state index contributed by atoms with van der Waals surface area (Å²) in [4.78, 5) is 10.0. The minimum atomic E-state index is -0.257. The first kappa shape index (κ1) is 32.7. The van der Waals surface area contributed by atoms with Crippen molar-refractivity contribution in [1.82, 2.24) is 19.6 Å². The monoisotopic (exact) mass is 632 g/mol. The van der Waals surface area contributed by atoms with Crippen molar-refractivity contribution in [3.63, 3.8) is 0 Å². The predicted octanol–water partition coefficient (Wildman–Crippen LogP) is 1.97. The molecule has 2 N–H and O–H groups in total. The molecule has 2 aromatic rings. The molecule has 2 spiro atoms. The number of hydrogen-bond donors (Lipinski definition) is 2. The van der Waals surface area contributed by atoms with Gasteiger partial charge in [0.1, 0.15) is 26.2 Å². The highest BCUT2D eigenvalue weighted by atomic mass is 16.3. The van der Waals surface area contributed by atoms with Crippen molar-refractivity contribution < 1.29 is 19.2 Å². The number of nitrogens with zero attached hydrogens (tertiary/aromatic N) is 6. The molecule has 5 fully saturated rings. The Bertz CT molecular complexity index is 1110. The van der Waals surface area contributed by atoms with Gasteiger partial charge >= 0.3 is 0 Å². The van der Waals surface area contributed by atoms with E-state index in [2.05, 4.69) is 80.3 Å². The van der Waals surface area contributed by atoms with E-state index in [-0.39, 0.29) is 12.2 Å². The lowest BCUT2D eigenvalue weighted by molar-refractivity contribution is -1.03. The number of benzene rings is 2. The maximum absolute atomic E-state index is 11.0. The quantitative estimate of drug-likeness (QED) is 0.391. The summed E-state index contributed by atoms with van der Waals surface area (Å²) in [6, 6.07) is 21.8. The maximum Gasteiger partial charge on any atom is 0.129 e. The Kier molecular flexibility index (Phi) is 10.4. The fourth-order valence-corrected chi connectivity index (χ4v) is 9.49. The molecule has 2 aromatic carbocycles. The number of hydrogen-bond acceptors (Lipinski definition) is 6. The zero-order chi connectivity index (χ0) is 31.4. The smallest absolute Gasteiger partial charge is 0.129 e. The van der Waals surface area contributed by atoms with Gasteiger partial charge in [0.05, 0.1) is 38.4 Å². The number of aliphatic hydroxyl groups excluding tert-OH is 2. The van der Waals surface area contributed by atoms with Crippen LogP contribution in [0.4, 0.5) is 0 Å². The second-order valence-corrected chi connectivity index (χ2v) is 15.7. The Morgan fingerprint density at radius 1 is 0.478 bits per heavy atom. The number of rotatable bonds is 10. The molecule has 5 aliphatic rings. The average molecular weight is 633 g/mol. The normalized spacial score (nSPS) is 29.0. The molecule has 252 valence electrons. The second-order valence-electron chi connectivity index (χ2n) is 15.7. The topological polar surface area (TPSA) is 53.4 Å². The predicted molar refractivity (Wildman–Crippen MR) is 185 cm³/mol. The highest BCUT2D eigenvalue weighted by Crippen LogP contribution is 2.29. The molecule has 5 heterocycles. The van der Waals surface area contributed by atoms with Crippen molar-refractivity contribution >= 4 is 0 Å². The van der Waals surface area contributed by atoms with E-state index >= 15 is 0 Å². The molecule has 8 nitrogen and oxygen atoms in total. The van der Waals surface area contributed by atoms with Crippen LogP contribution < -0.4 is 0 Å². The van der Waals surface area contributed by atoms with Crippen LogP contribution in [0, 0.1) is 0 Å². The van der Waals surface area contributed by atoms with Crippen LogP contribution in [0.2, 0.25) is 0 Å². The third-order valence-electron chi connectivity index (χ3n) is 12.6. The van der Waals surface area contributed by atoms with E-state index in [4.69, 9.17) is 0 Å². The van der Waals surface area contributed by atoms with Gasteiger partial charge in [0, 0.05) is 65.4 Å². The Labute approximate surface area is 278 Å². The highest BCUT2D eigenvalue weighted by Gasteiger charge is 2.45. The number of aliphatic hydroxyl groups is 2. The van der Waals surface area contributed by atoms with Crippen molar-refractivity contribution in [2.45, 2.75) is 36.9 Å². The first-order valence-electron chi connectivity index (χ1n) is 18.5. The summed E-state index contributed by atoms with van der Waals surface area (Å²) in [7, 11) is 0. The summed E-state index contributed by atoms with van der Waals surface area (Å²) in [6.45, 7) is 22.3. The molecule has 0 radical (unpaired) electrons. The molecule has 0 saturated carbocycles. The summed E-state index contributed by atoms with van der Waals surface area (Å²) in [5.41, 5.74) is 2.89. The highest BCUT2D eigenvalue weighted by molar-refractivity contribution is 5.22. The minimum Gasteiger partial charge on any atom is -0.390 e. The van der Waals surface area contributed by atoms with E-state index in [0.29, 0.717) is 11.8 Å². The zero-order valence-electron chi connectivity index (χ0n) is 28.2. The van der Waals surface area contributed by atoms with Crippen LogP contribution in [0.1, 0.15) is 35.8 Å². The third kappa shape index (κ3) is 8.04. The van der Waals surface area contributed by atoms with Gasteiger partial charge in [0.15, 0.2) is 0 Å². The van der Waals surface area contributed by atoms with E-state index in [1.807, 2.05) is 0 Å². The summed E-state index contributed by atoms with van der Waals surface area (Å²) >= 11 is 0. The molecular formula is C38H60N6O2+2. The van der Waals surface area contributed by atoms with Crippen molar-refractivity contribution in [3.8, 4) is 0 Å². The van der Waals surface area contributed by atoms with Gasteiger partial charge in [-0.2, -0.15) is 0 Å². The van der Waals surface area contributed by atoms with Gasteiger partial charge in [0.2, 0.25) is 0 Å². The van der Waals surface area contributed by atoms with Gasteiger partial charge < -0.3 is 29.0 Å². The van der Waals surface area contributed by atoms with Crippen molar-refractivity contribution in [1.29, 1.82) is 0 Å². The van der Waals surface area contributed by atoms with Crippen LogP contribution in [-0.4, -0.2) is 182 Å². The van der Waals surface area contributed by atoms with Crippen molar-refractivity contribution in [3.05, 3.63) is 71.8 Å². The lowest BCUT2D eigenvalue weighted by atomic mass is 9.99. The number of piperazine rings is 3. The van der Waals surface area contributed by atoms with Crippen LogP contribution in [0.5, 0.6) is 0 Å². The molecule has 0 aliphatic carbocycles. The van der Waals surface area contributed by atoms with Gasteiger partial charge in [-0.3, -0.25) is 9.80 Å². The summed E-state index contributed by atoms with van der Waals surface area (Å²) in [5, 5.41) is 21.9. The molecule has 5 saturated heterocycles. The van der Waals surface area contributed by atoms with Gasteiger partial charge in [-0.1, -0.05) is 60.7 Å². The summed E-state index contributed by atoms with van der Waals surface area (Å²) < 4.78 is 2.58. The summed E-state index contributed by atoms with van der Waals surface area (Å²) in [5.74, 6) is 1.22. The van der Waals surface area contributed by atoms with Gasteiger partial charge in [-0.15, -0.1) is 0 Å². The first-order chi connectivity index (χ1) is 22.4. The van der Waals surface area contributed by atoms with Crippen LogP contribution in [-0.2, 0) is 0 Å². The Morgan fingerprint density at radius 2 is 0.826 bits per heavy atom. The molecule has 46 heavy (non-hydrogen) atoms. The van der Waals surface area contributed by atoms with E-state index in [9.17, 15) is 10.2 Å². The number of quaternary nitrogens is 2. The molecule has 0 amide bonds. The van der Waals surface area contributed by atoms with Gasteiger partial charge in [-0.25, -0.2) is 0 Å². The Hall–Kier alpha value is -1.88. The molecular weight excluding hydrogens is 572 g/mol. The SMILES string of the molecule is O[C@H](CN1CC[N+]2(CC1)CC[N+]1(CCN(C[C@H](O)CN3CC[C@@H](c4ccccc4)C3)CC1)CC2)CN1CC[C@@H](c2ccccc2)C1. The van der Waals surface area contributed by atoms with Gasteiger partial charge in [-0.05, 0) is 48.9 Å². The Morgan fingerprint density at radius 3 is 1.20 bits per heavy atom. The van der Waals surface area contributed by atoms with Crippen LogP contribution in [0.25, 0.3) is 0 Å². The minimum absolute atomic E-state index is 0.257. The van der Waals surface area contributed by atoms with Crippen molar-refractivity contribution in [2.75, 3.05) is 131 Å². The molecule has 0 aromatic heterocycles. The van der Waals surface area contributed by atoms with Crippen LogP contribution in [0.3, 0.4) is 0 Å². The Balaban J connectivity index is 0.780. The lowest BCUT2D eigenvalue weighted by Gasteiger charge is -2.54. The summed E-state index contributed by atoms with van der Waals surface area (Å²) in [6.07, 6.45) is 1.89. The first-order valence-corrected chi connectivity index (χ1v) is 18.5.